The maximum atomic E-state index is 5.86. The van der Waals surface area contributed by atoms with Gasteiger partial charge in [-0.1, -0.05) is 20.8 Å². The fourth-order valence-corrected chi connectivity index (χ4v) is 2.54. The van der Waals surface area contributed by atoms with Crippen LogP contribution in [-0.4, -0.2) is 19.9 Å². The smallest absolute Gasteiger partial charge is 0.194 e. The number of hydrogen-bond donors (Lipinski definition) is 1. The van der Waals surface area contributed by atoms with Gasteiger partial charge in [-0.25, -0.2) is 19.9 Å². The van der Waals surface area contributed by atoms with Crippen LogP contribution in [-0.2, 0) is 5.41 Å². The number of anilines is 1. The van der Waals surface area contributed by atoms with Crippen molar-refractivity contribution in [3.8, 4) is 0 Å². The lowest BCUT2D eigenvalue weighted by Crippen LogP contribution is -2.17. The zero-order valence-corrected chi connectivity index (χ0v) is 13.2. The average molecular weight is 289 g/mol. The van der Waals surface area contributed by atoms with Crippen LogP contribution in [0, 0.1) is 13.8 Å². The highest BCUT2D eigenvalue weighted by molar-refractivity contribution is 7.99. The van der Waals surface area contributed by atoms with Crippen LogP contribution in [0.2, 0.25) is 0 Å². The third kappa shape index (κ3) is 3.66. The van der Waals surface area contributed by atoms with E-state index in [9.17, 15) is 0 Å². The number of aryl methyl sites for hydroxylation is 2. The molecule has 0 aromatic carbocycles. The summed E-state index contributed by atoms with van der Waals surface area (Å²) in [4.78, 5) is 17.6. The normalized spacial score (nSPS) is 11.7. The van der Waals surface area contributed by atoms with Crippen LogP contribution in [0.5, 0.6) is 0 Å². The topological polar surface area (TPSA) is 77.6 Å². The molecule has 0 amide bonds. The molecule has 106 valence electrons. The van der Waals surface area contributed by atoms with Gasteiger partial charge < -0.3 is 5.73 Å². The highest BCUT2D eigenvalue weighted by Crippen LogP contribution is 2.27. The number of nitrogen functional groups attached to an aromatic ring is 1. The molecule has 0 fully saturated rings. The lowest BCUT2D eigenvalue weighted by molar-refractivity contribution is 0.539. The maximum absolute atomic E-state index is 5.86. The van der Waals surface area contributed by atoms with Gasteiger partial charge in [0.1, 0.15) is 16.7 Å². The molecule has 0 saturated carbocycles. The summed E-state index contributed by atoms with van der Waals surface area (Å²) in [6.07, 6.45) is 0. The lowest BCUT2D eigenvalue weighted by Gasteiger charge is -2.17. The van der Waals surface area contributed by atoms with Gasteiger partial charge in [0.05, 0.1) is 0 Å². The summed E-state index contributed by atoms with van der Waals surface area (Å²) >= 11 is 1.41. The van der Waals surface area contributed by atoms with Gasteiger partial charge in [0.2, 0.25) is 0 Å². The molecule has 2 aromatic rings. The molecule has 0 spiro atoms. The minimum Gasteiger partial charge on any atom is -0.384 e. The molecule has 0 atom stereocenters. The first-order valence-corrected chi connectivity index (χ1v) is 7.21. The quantitative estimate of drug-likeness (QED) is 0.676. The predicted molar refractivity (Wildman–Crippen MR) is 80.8 cm³/mol. The molecule has 2 heterocycles. The van der Waals surface area contributed by atoms with Crippen LogP contribution in [0.3, 0.4) is 0 Å². The molecule has 0 aliphatic carbocycles. The van der Waals surface area contributed by atoms with E-state index in [4.69, 9.17) is 5.73 Å². The molecular weight excluding hydrogens is 270 g/mol. The van der Waals surface area contributed by atoms with E-state index >= 15 is 0 Å². The first kappa shape index (κ1) is 14.7. The Morgan fingerprint density at radius 2 is 1.55 bits per heavy atom. The zero-order valence-electron chi connectivity index (χ0n) is 12.4. The van der Waals surface area contributed by atoms with E-state index in [-0.39, 0.29) is 5.41 Å². The van der Waals surface area contributed by atoms with Crippen molar-refractivity contribution >= 4 is 17.6 Å². The molecule has 0 radical (unpaired) electrons. The molecule has 20 heavy (non-hydrogen) atoms. The first-order chi connectivity index (χ1) is 9.24. The zero-order chi connectivity index (χ0) is 14.9. The Morgan fingerprint density at radius 3 is 2.10 bits per heavy atom. The summed E-state index contributed by atoms with van der Waals surface area (Å²) in [7, 11) is 0. The summed E-state index contributed by atoms with van der Waals surface area (Å²) < 4.78 is 0. The molecular formula is C14H19N5S. The second-order valence-corrected chi connectivity index (χ2v) is 6.73. The van der Waals surface area contributed by atoms with Crippen molar-refractivity contribution in [3.63, 3.8) is 0 Å². The van der Waals surface area contributed by atoms with E-state index in [2.05, 4.69) is 40.7 Å². The molecule has 0 aliphatic rings. The Morgan fingerprint density at radius 1 is 0.950 bits per heavy atom. The van der Waals surface area contributed by atoms with Crippen molar-refractivity contribution in [2.75, 3.05) is 5.73 Å². The van der Waals surface area contributed by atoms with Crippen LogP contribution in [0.4, 0.5) is 5.82 Å². The van der Waals surface area contributed by atoms with E-state index < -0.39 is 0 Å². The predicted octanol–water partition coefficient (Wildman–Crippen LogP) is 2.91. The largest absolute Gasteiger partial charge is 0.384 e. The summed E-state index contributed by atoms with van der Waals surface area (Å²) in [5, 5.41) is 1.45. The number of nitrogens with zero attached hydrogens (tertiary/aromatic N) is 4. The van der Waals surface area contributed by atoms with Crippen molar-refractivity contribution in [1.82, 2.24) is 19.9 Å². The molecule has 5 nitrogen and oxygen atoms in total. The van der Waals surface area contributed by atoms with Gasteiger partial charge in [0, 0.05) is 22.9 Å². The molecule has 6 heteroatoms. The van der Waals surface area contributed by atoms with Gasteiger partial charge >= 0.3 is 0 Å². The van der Waals surface area contributed by atoms with Crippen molar-refractivity contribution < 1.29 is 0 Å². The maximum Gasteiger partial charge on any atom is 0.194 e. The number of rotatable bonds is 2. The summed E-state index contributed by atoms with van der Waals surface area (Å²) in [6.45, 7) is 10.1. The molecule has 0 bridgehead atoms. The van der Waals surface area contributed by atoms with E-state index in [0.717, 1.165) is 22.2 Å². The van der Waals surface area contributed by atoms with Crippen molar-refractivity contribution in [2.45, 2.75) is 50.2 Å². The third-order valence-corrected chi connectivity index (χ3v) is 3.33. The Kier molecular flexibility index (Phi) is 3.94. The highest BCUT2D eigenvalue weighted by atomic mass is 32.2. The Bertz CT molecular complexity index is 614. The first-order valence-electron chi connectivity index (χ1n) is 6.39. The van der Waals surface area contributed by atoms with Gasteiger partial charge in [0.25, 0.3) is 0 Å². The van der Waals surface area contributed by atoms with Gasteiger partial charge in [-0.05, 0) is 31.7 Å². The Balaban J connectivity index is 2.36. The Labute approximate surface area is 123 Å². The summed E-state index contributed by atoms with van der Waals surface area (Å²) in [5.41, 5.74) is 7.60. The number of aromatic nitrogens is 4. The molecule has 0 saturated heterocycles. The lowest BCUT2D eigenvalue weighted by atomic mass is 9.96. The van der Waals surface area contributed by atoms with Crippen LogP contribution in [0.15, 0.2) is 22.3 Å². The average Bonchev–Trinajstić information content (AvgIpc) is 2.25. The number of nitrogens with two attached hydrogens (primary N) is 1. The van der Waals surface area contributed by atoms with Crippen LogP contribution in [0.1, 0.15) is 38.0 Å². The molecule has 0 aliphatic heterocycles. The summed E-state index contributed by atoms with van der Waals surface area (Å²) in [6, 6.07) is 3.69. The second kappa shape index (κ2) is 5.36. The van der Waals surface area contributed by atoms with Gasteiger partial charge in [-0.2, -0.15) is 0 Å². The van der Waals surface area contributed by atoms with E-state index in [1.807, 2.05) is 19.9 Å². The minimum absolute atomic E-state index is 0.145. The third-order valence-electron chi connectivity index (χ3n) is 2.55. The fourth-order valence-electron chi connectivity index (χ4n) is 1.66. The van der Waals surface area contributed by atoms with E-state index in [0.29, 0.717) is 11.0 Å². The van der Waals surface area contributed by atoms with Crippen molar-refractivity contribution in [1.29, 1.82) is 0 Å². The minimum atomic E-state index is -0.145. The van der Waals surface area contributed by atoms with Crippen molar-refractivity contribution in [3.05, 3.63) is 29.3 Å². The van der Waals surface area contributed by atoms with Crippen LogP contribution in [0.25, 0.3) is 0 Å². The van der Waals surface area contributed by atoms with Crippen molar-refractivity contribution in [2.24, 2.45) is 0 Å². The molecule has 2 rings (SSSR count). The second-order valence-electron chi connectivity index (χ2n) is 5.74. The molecule has 2 N–H and O–H groups in total. The molecule has 0 unspecified atom stereocenters. The van der Waals surface area contributed by atoms with Crippen LogP contribution >= 0.6 is 11.8 Å². The standard InChI is InChI=1S/C14H19N5S/c1-8-6-9(2)17-13(16-8)20-11-7-10(15)18-12(19-11)14(3,4)5/h6-7H,1-5H3,(H2,15,18,19). The monoisotopic (exact) mass is 289 g/mol. The SMILES string of the molecule is Cc1cc(C)nc(Sc2cc(N)nc(C(C)(C)C)n2)n1. The number of hydrogen-bond acceptors (Lipinski definition) is 6. The summed E-state index contributed by atoms with van der Waals surface area (Å²) in [5.74, 6) is 1.20. The van der Waals surface area contributed by atoms with Gasteiger partial charge in [-0.15, -0.1) is 0 Å². The Hall–Kier alpha value is -1.69. The highest BCUT2D eigenvalue weighted by Gasteiger charge is 2.19. The molecule has 2 aromatic heterocycles. The van der Waals surface area contributed by atoms with E-state index in [1.54, 1.807) is 6.07 Å². The van der Waals surface area contributed by atoms with Gasteiger partial charge in [-0.3, -0.25) is 0 Å². The van der Waals surface area contributed by atoms with E-state index in [1.165, 1.54) is 11.8 Å². The fraction of sp³-hybridized carbons (Fsp3) is 0.429. The van der Waals surface area contributed by atoms with Gasteiger partial charge in [0.15, 0.2) is 5.16 Å². The van der Waals surface area contributed by atoms with Crippen LogP contribution < -0.4 is 5.73 Å².